The van der Waals surface area contributed by atoms with Crippen LogP contribution >= 0.6 is 12.2 Å². The van der Waals surface area contributed by atoms with Crippen LogP contribution in [0.15, 0.2) is 59.8 Å². The van der Waals surface area contributed by atoms with Crippen LogP contribution < -0.4 is 10.7 Å². The van der Waals surface area contributed by atoms with Crippen LogP contribution in [-0.2, 0) is 0 Å². The van der Waals surface area contributed by atoms with Crippen molar-refractivity contribution in [2.75, 3.05) is 0 Å². The summed E-state index contributed by atoms with van der Waals surface area (Å²) in [5.41, 5.74) is 5.60. The first-order valence-electron chi connectivity index (χ1n) is 8.44. The number of nitrogens with one attached hydrogen (secondary N) is 2. The Morgan fingerprint density at radius 2 is 1.75 bits per heavy atom. The summed E-state index contributed by atoms with van der Waals surface area (Å²) >= 11 is 5.40. The molecule has 1 aliphatic rings. The molecule has 0 saturated heterocycles. The molecule has 1 aromatic carbocycles. The minimum absolute atomic E-state index is 0.462. The Balaban J connectivity index is 1.73. The van der Waals surface area contributed by atoms with Gasteiger partial charge in [0.15, 0.2) is 5.11 Å². The highest BCUT2D eigenvalue weighted by Gasteiger charge is 2.14. The Morgan fingerprint density at radius 1 is 1.00 bits per heavy atom. The fourth-order valence-corrected chi connectivity index (χ4v) is 3.15. The molecule has 1 aliphatic carbocycles. The second-order valence-corrected chi connectivity index (χ2v) is 6.37. The van der Waals surface area contributed by atoms with Gasteiger partial charge in [0.2, 0.25) is 0 Å². The van der Waals surface area contributed by atoms with Crippen molar-refractivity contribution in [3.63, 3.8) is 0 Å². The lowest BCUT2D eigenvalue weighted by atomic mass is 9.96. The molecule has 4 nitrogen and oxygen atoms in total. The monoisotopic (exact) mass is 338 g/mol. The molecule has 0 unspecified atom stereocenters. The number of pyridine rings is 1. The third-order valence-electron chi connectivity index (χ3n) is 4.16. The maximum Gasteiger partial charge on any atom is 0.187 e. The molecule has 0 atom stereocenters. The molecule has 0 amide bonds. The number of aromatic nitrogens is 1. The minimum atomic E-state index is 0.462. The van der Waals surface area contributed by atoms with Crippen molar-refractivity contribution in [3.05, 3.63) is 66.0 Å². The molecule has 2 aromatic rings. The van der Waals surface area contributed by atoms with Crippen molar-refractivity contribution < 1.29 is 0 Å². The van der Waals surface area contributed by atoms with Crippen LogP contribution in [0.5, 0.6) is 0 Å². The Morgan fingerprint density at radius 3 is 2.46 bits per heavy atom. The molecule has 1 fully saturated rings. The second kappa shape index (κ2) is 8.55. The number of rotatable bonds is 4. The normalized spacial score (nSPS) is 15.8. The van der Waals surface area contributed by atoms with Crippen LogP contribution in [0, 0.1) is 0 Å². The highest BCUT2D eigenvalue weighted by atomic mass is 32.1. The molecule has 0 radical (unpaired) electrons. The number of benzene rings is 1. The Labute approximate surface area is 148 Å². The fourth-order valence-electron chi connectivity index (χ4n) is 2.94. The van der Waals surface area contributed by atoms with E-state index in [0.29, 0.717) is 11.2 Å². The van der Waals surface area contributed by atoms with E-state index in [1.54, 1.807) is 6.20 Å². The van der Waals surface area contributed by atoms with Gasteiger partial charge in [0, 0.05) is 17.8 Å². The van der Waals surface area contributed by atoms with E-state index in [0.717, 1.165) is 17.0 Å². The standard InChI is InChI=1S/C19H22N4S/c24-19(21-16-11-5-2-6-12-16)23-22-18(15-9-3-1-4-10-15)17-13-7-8-14-20-17/h1,3-4,7-10,13-14,16H,2,5-6,11-12H2,(H2,21,23,24)/b22-18+. The first-order chi connectivity index (χ1) is 11.8. The van der Waals surface area contributed by atoms with Gasteiger partial charge in [-0.1, -0.05) is 55.7 Å². The van der Waals surface area contributed by atoms with Gasteiger partial charge >= 0.3 is 0 Å². The fraction of sp³-hybridized carbons (Fsp3) is 0.316. The maximum atomic E-state index is 5.40. The van der Waals surface area contributed by atoms with Gasteiger partial charge in [-0.05, 0) is 37.2 Å². The van der Waals surface area contributed by atoms with Crippen LogP contribution in [0.25, 0.3) is 0 Å². The first-order valence-corrected chi connectivity index (χ1v) is 8.85. The summed E-state index contributed by atoms with van der Waals surface area (Å²) in [7, 11) is 0. The van der Waals surface area contributed by atoms with E-state index in [9.17, 15) is 0 Å². The lowest BCUT2D eigenvalue weighted by Gasteiger charge is -2.23. The summed E-state index contributed by atoms with van der Waals surface area (Å²) in [6.07, 6.45) is 7.99. The molecular formula is C19H22N4S. The molecule has 1 heterocycles. The lowest BCUT2D eigenvalue weighted by molar-refractivity contribution is 0.412. The summed E-state index contributed by atoms with van der Waals surface area (Å²) in [4.78, 5) is 4.41. The Hall–Kier alpha value is -2.27. The quantitative estimate of drug-likeness (QED) is 0.508. The molecule has 24 heavy (non-hydrogen) atoms. The number of nitrogens with zero attached hydrogens (tertiary/aromatic N) is 2. The predicted octanol–water partition coefficient (Wildman–Crippen LogP) is 3.63. The summed E-state index contributed by atoms with van der Waals surface area (Å²) in [6, 6.07) is 16.3. The highest BCUT2D eigenvalue weighted by Crippen LogP contribution is 2.17. The van der Waals surface area contributed by atoms with Crippen LogP contribution in [0.1, 0.15) is 43.4 Å². The van der Waals surface area contributed by atoms with Gasteiger partial charge < -0.3 is 5.32 Å². The number of hydrazone groups is 1. The zero-order chi connectivity index (χ0) is 16.6. The van der Waals surface area contributed by atoms with E-state index in [2.05, 4.69) is 20.8 Å². The van der Waals surface area contributed by atoms with Gasteiger partial charge in [0.25, 0.3) is 0 Å². The summed E-state index contributed by atoms with van der Waals surface area (Å²) in [5.74, 6) is 0. The van der Waals surface area contributed by atoms with E-state index < -0.39 is 0 Å². The topological polar surface area (TPSA) is 49.3 Å². The smallest absolute Gasteiger partial charge is 0.187 e. The van der Waals surface area contributed by atoms with E-state index in [1.165, 1.54) is 32.1 Å². The van der Waals surface area contributed by atoms with E-state index in [4.69, 9.17) is 12.2 Å². The lowest BCUT2D eigenvalue weighted by Crippen LogP contribution is -2.41. The van der Waals surface area contributed by atoms with Gasteiger partial charge in [-0.3, -0.25) is 10.4 Å². The van der Waals surface area contributed by atoms with E-state index >= 15 is 0 Å². The molecule has 2 N–H and O–H groups in total. The average molecular weight is 338 g/mol. The number of thiocarbonyl (C=S) groups is 1. The zero-order valence-electron chi connectivity index (χ0n) is 13.6. The van der Waals surface area contributed by atoms with Crippen molar-refractivity contribution in [3.8, 4) is 0 Å². The highest BCUT2D eigenvalue weighted by molar-refractivity contribution is 7.80. The minimum Gasteiger partial charge on any atom is -0.359 e. The number of hydrogen-bond donors (Lipinski definition) is 2. The second-order valence-electron chi connectivity index (χ2n) is 5.96. The third kappa shape index (κ3) is 4.61. The molecule has 0 spiro atoms. The van der Waals surface area contributed by atoms with Gasteiger partial charge in [-0.15, -0.1) is 0 Å². The Kier molecular flexibility index (Phi) is 5.90. The SMILES string of the molecule is S=C(N/N=C(\c1ccccc1)c1ccccn1)NC1CCCCC1. The van der Waals surface area contributed by atoms with Crippen molar-refractivity contribution in [2.45, 2.75) is 38.1 Å². The van der Waals surface area contributed by atoms with Gasteiger partial charge in [0.1, 0.15) is 5.71 Å². The van der Waals surface area contributed by atoms with Gasteiger partial charge in [-0.25, -0.2) is 0 Å². The van der Waals surface area contributed by atoms with Crippen LogP contribution in [-0.4, -0.2) is 21.8 Å². The van der Waals surface area contributed by atoms with Crippen LogP contribution in [0.3, 0.4) is 0 Å². The largest absolute Gasteiger partial charge is 0.359 e. The van der Waals surface area contributed by atoms with E-state index in [-0.39, 0.29) is 0 Å². The van der Waals surface area contributed by atoms with E-state index in [1.807, 2.05) is 48.5 Å². The van der Waals surface area contributed by atoms with Crippen molar-refractivity contribution in [1.82, 2.24) is 15.7 Å². The third-order valence-corrected chi connectivity index (χ3v) is 4.37. The van der Waals surface area contributed by atoms with Gasteiger partial charge in [0.05, 0.1) is 5.69 Å². The summed E-state index contributed by atoms with van der Waals surface area (Å²) in [6.45, 7) is 0. The van der Waals surface area contributed by atoms with Crippen LogP contribution in [0.4, 0.5) is 0 Å². The van der Waals surface area contributed by atoms with Crippen molar-refractivity contribution in [1.29, 1.82) is 0 Å². The summed E-state index contributed by atoms with van der Waals surface area (Å²) < 4.78 is 0. The molecular weight excluding hydrogens is 316 g/mol. The van der Waals surface area contributed by atoms with Crippen molar-refractivity contribution >= 4 is 23.0 Å². The maximum absolute atomic E-state index is 5.40. The molecule has 0 aliphatic heterocycles. The molecule has 1 saturated carbocycles. The zero-order valence-corrected chi connectivity index (χ0v) is 14.4. The average Bonchev–Trinajstić information content (AvgIpc) is 2.64. The molecule has 3 rings (SSSR count). The predicted molar refractivity (Wildman–Crippen MR) is 102 cm³/mol. The van der Waals surface area contributed by atoms with Gasteiger partial charge in [-0.2, -0.15) is 5.10 Å². The van der Waals surface area contributed by atoms with Crippen molar-refractivity contribution in [2.24, 2.45) is 5.10 Å². The first kappa shape index (κ1) is 16.6. The molecule has 5 heteroatoms. The summed E-state index contributed by atoms with van der Waals surface area (Å²) in [5, 5.41) is 8.48. The molecule has 1 aromatic heterocycles. The van der Waals surface area contributed by atoms with Crippen LogP contribution in [0.2, 0.25) is 0 Å². The Bertz CT molecular complexity index is 638. The number of hydrogen-bond acceptors (Lipinski definition) is 3. The molecule has 124 valence electrons. The molecule has 0 bridgehead atoms.